The van der Waals surface area contributed by atoms with Crippen molar-refractivity contribution in [2.75, 3.05) is 13.1 Å². The van der Waals surface area contributed by atoms with E-state index in [2.05, 4.69) is 0 Å². The summed E-state index contributed by atoms with van der Waals surface area (Å²) in [4.78, 5) is 37.8. The van der Waals surface area contributed by atoms with Crippen LogP contribution in [0.3, 0.4) is 0 Å². The molecule has 8 nitrogen and oxygen atoms in total. The molecule has 0 spiro atoms. The van der Waals surface area contributed by atoms with Gasteiger partial charge in [-0.3, -0.25) is 24.6 Å². The van der Waals surface area contributed by atoms with E-state index in [1.54, 1.807) is 17.6 Å². The minimum absolute atomic E-state index is 0.0783. The van der Waals surface area contributed by atoms with Crippen molar-refractivity contribution in [3.05, 3.63) is 24.2 Å². The van der Waals surface area contributed by atoms with Crippen LogP contribution in [0.2, 0.25) is 0 Å². The van der Waals surface area contributed by atoms with Gasteiger partial charge < -0.3 is 4.42 Å². The van der Waals surface area contributed by atoms with Crippen LogP contribution in [0.25, 0.3) is 0 Å². The Morgan fingerprint density at radius 2 is 1.85 bits per heavy atom. The molecule has 3 rings (SSSR count). The Kier molecular flexibility index (Phi) is 6.49. The maximum atomic E-state index is 13.3. The van der Waals surface area contributed by atoms with Gasteiger partial charge in [0, 0.05) is 25.4 Å². The largest absolute Gasteiger partial charge is 0.459 e. The lowest BCUT2D eigenvalue weighted by molar-refractivity contribution is -0.155. The van der Waals surface area contributed by atoms with Crippen LogP contribution in [-0.4, -0.2) is 46.0 Å². The topological polar surface area (TPSA) is 103 Å². The predicted molar refractivity (Wildman–Crippen MR) is 95.3 cm³/mol. The van der Waals surface area contributed by atoms with Gasteiger partial charge in [0.25, 0.3) is 0 Å². The fourth-order valence-corrected chi connectivity index (χ4v) is 4.13. The summed E-state index contributed by atoms with van der Waals surface area (Å²) >= 11 is 0. The fourth-order valence-electron chi connectivity index (χ4n) is 4.13. The second kappa shape index (κ2) is 9.03. The second-order valence-electron chi connectivity index (χ2n) is 7.40. The molecule has 1 aromatic heterocycles. The molecule has 2 aliphatic rings. The Hall–Kier alpha value is -2.35. The summed E-state index contributed by atoms with van der Waals surface area (Å²) in [5.74, 6) is -1.11. The van der Waals surface area contributed by atoms with E-state index in [0.717, 1.165) is 38.5 Å². The first-order chi connectivity index (χ1) is 13.1. The summed E-state index contributed by atoms with van der Waals surface area (Å²) in [6, 6.07) is 3.21. The van der Waals surface area contributed by atoms with Crippen LogP contribution < -0.4 is 5.48 Å². The maximum absolute atomic E-state index is 13.3. The van der Waals surface area contributed by atoms with Crippen molar-refractivity contribution in [3.8, 4) is 0 Å². The number of hydrazine groups is 1. The summed E-state index contributed by atoms with van der Waals surface area (Å²) in [6.07, 6.45) is 7.96. The fraction of sp³-hybridized carbons (Fsp3) is 0.632. The molecule has 1 saturated heterocycles. The summed E-state index contributed by atoms with van der Waals surface area (Å²) in [5, 5.41) is 11.8. The number of nitrogens with one attached hydrogen (secondary N) is 1. The van der Waals surface area contributed by atoms with Gasteiger partial charge in [-0.15, -0.1) is 0 Å². The van der Waals surface area contributed by atoms with Gasteiger partial charge >= 0.3 is 5.91 Å². The minimum atomic E-state index is -0.577. The van der Waals surface area contributed by atoms with Crippen molar-refractivity contribution in [2.45, 2.75) is 51.4 Å². The van der Waals surface area contributed by atoms with Gasteiger partial charge in [0.1, 0.15) is 0 Å². The lowest BCUT2D eigenvalue weighted by Crippen LogP contribution is -2.55. The molecule has 1 atom stereocenters. The first-order valence-corrected chi connectivity index (χ1v) is 9.69. The van der Waals surface area contributed by atoms with Crippen LogP contribution in [0.1, 0.15) is 61.9 Å². The first kappa shape index (κ1) is 19.4. The highest BCUT2D eigenvalue weighted by Crippen LogP contribution is 2.32. The van der Waals surface area contributed by atoms with Gasteiger partial charge in [0.15, 0.2) is 5.76 Å². The predicted octanol–water partition coefficient (Wildman–Crippen LogP) is 2.35. The molecule has 27 heavy (non-hydrogen) atoms. The number of rotatable bonds is 6. The van der Waals surface area contributed by atoms with Gasteiger partial charge in [-0.25, -0.2) is 10.5 Å². The minimum Gasteiger partial charge on any atom is -0.459 e. The molecule has 2 N–H and O–H groups in total. The molecule has 3 amide bonds. The van der Waals surface area contributed by atoms with Crippen molar-refractivity contribution < 1.29 is 24.0 Å². The third-order valence-corrected chi connectivity index (χ3v) is 5.50. The monoisotopic (exact) mass is 377 g/mol. The van der Waals surface area contributed by atoms with E-state index in [9.17, 15) is 14.4 Å². The summed E-state index contributed by atoms with van der Waals surface area (Å²) in [7, 11) is 0. The molecular weight excluding hydrogens is 350 g/mol. The van der Waals surface area contributed by atoms with Crippen molar-refractivity contribution in [2.24, 2.45) is 11.8 Å². The molecule has 1 saturated carbocycles. The van der Waals surface area contributed by atoms with Crippen molar-refractivity contribution in [1.29, 1.82) is 0 Å². The van der Waals surface area contributed by atoms with E-state index < -0.39 is 11.8 Å². The number of carbonyl (C=O) groups is 3. The van der Waals surface area contributed by atoms with Crippen LogP contribution in [0, 0.1) is 11.8 Å². The number of amides is 3. The lowest BCUT2D eigenvalue weighted by atomic mass is 9.89. The number of hydrogen-bond acceptors (Lipinski definition) is 5. The van der Waals surface area contributed by atoms with Crippen molar-refractivity contribution >= 4 is 17.7 Å². The second-order valence-corrected chi connectivity index (χ2v) is 7.40. The molecule has 148 valence electrons. The highest BCUT2D eigenvalue weighted by Gasteiger charge is 2.36. The van der Waals surface area contributed by atoms with E-state index >= 15 is 0 Å². The Balaban J connectivity index is 1.76. The molecule has 0 aromatic carbocycles. The van der Waals surface area contributed by atoms with E-state index in [0.29, 0.717) is 25.4 Å². The third kappa shape index (κ3) is 4.68. The molecule has 1 aliphatic carbocycles. The number of hydroxylamine groups is 1. The molecule has 0 radical (unpaired) electrons. The molecule has 1 aromatic rings. The average Bonchev–Trinajstić information content (AvgIpc) is 3.40. The molecule has 1 aliphatic heterocycles. The Labute approximate surface area is 158 Å². The Morgan fingerprint density at radius 1 is 1.15 bits per heavy atom. The summed E-state index contributed by atoms with van der Waals surface area (Å²) in [6.45, 7) is 0.876. The zero-order chi connectivity index (χ0) is 19.2. The zero-order valence-electron chi connectivity index (χ0n) is 15.4. The smallest absolute Gasteiger partial charge is 0.308 e. The van der Waals surface area contributed by atoms with E-state index in [1.807, 2.05) is 0 Å². The molecule has 0 bridgehead atoms. The highest BCUT2D eigenvalue weighted by atomic mass is 16.5. The Morgan fingerprint density at radius 3 is 2.48 bits per heavy atom. The van der Waals surface area contributed by atoms with Crippen molar-refractivity contribution in [3.63, 3.8) is 0 Å². The standard InChI is InChI=1S/C19H27N3O5/c23-17(20-26)13-15(12-14-6-1-2-7-14)18(24)21-9-3-4-10-22(21)19(25)16-8-5-11-27-16/h5,8,11,14-15,26H,1-4,6-7,9-10,12-13H2,(H,20,23)/t15-/m1/s1. The van der Waals surface area contributed by atoms with Crippen LogP contribution in [0.15, 0.2) is 22.8 Å². The van der Waals surface area contributed by atoms with Crippen LogP contribution in [0.4, 0.5) is 0 Å². The first-order valence-electron chi connectivity index (χ1n) is 9.69. The number of furan rings is 1. The van der Waals surface area contributed by atoms with Gasteiger partial charge in [-0.05, 0) is 37.3 Å². The third-order valence-electron chi connectivity index (χ3n) is 5.50. The van der Waals surface area contributed by atoms with Gasteiger partial charge in [0.2, 0.25) is 11.8 Å². The van der Waals surface area contributed by atoms with E-state index in [4.69, 9.17) is 9.62 Å². The average molecular weight is 377 g/mol. The number of hydrogen-bond donors (Lipinski definition) is 2. The number of carbonyl (C=O) groups excluding carboxylic acids is 3. The van der Waals surface area contributed by atoms with Crippen LogP contribution in [-0.2, 0) is 9.59 Å². The number of nitrogens with zero attached hydrogens (tertiary/aromatic N) is 2. The van der Waals surface area contributed by atoms with Crippen LogP contribution >= 0.6 is 0 Å². The molecular formula is C19H27N3O5. The summed E-state index contributed by atoms with van der Waals surface area (Å²) < 4.78 is 5.20. The molecule has 0 unspecified atom stereocenters. The van der Waals surface area contributed by atoms with Gasteiger partial charge in [0.05, 0.1) is 6.26 Å². The molecule has 2 heterocycles. The molecule has 2 fully saturated rings. The van der Waals surface area contributed by atoms with E-state index in [-0.39, 0.29) is 24.0 Å². The van der Waals surface area contributed by atoms with E-state index in [1.165, 1.54) is 16.3 Å². The van der Waals surface area contributed by atoms with Gasteiger partial charge in [-0.1, -0.05) is 25.7 Å². The highest BCUT2D eigenvalue weighted by molar-refractivity contribution is 5.94. The lowest BCUT2D eigenvalue weighted by Gasteiger charge is -2.40. The Bertz CT molecular complexity index is 654. The maximum Gasteiger partial charge on any atom is 0.308 e. The SMILES string of the molecule is O=C(C[C@@H](CC1CCCC1)C(=O)N1CCCCN1C(=O)c1ccco1)NO. The van der Waals surface area contributed by atoms with Gasteiger partial charge in [-0.2, -0.15) is 0 Å². The zero-order valence-corrected chi connectivity index (χ0v) is 15.4. The van der Waals surface area contributed by atoms with Crippen LogP contribution in [0.5, 0.6) is 0 Å². The van der Waals surface area contributed by atoms with Crippen molar-refractivity contribution in [1.82, 2.24) is 15.5 Å². The quantitative estimate of drug-likeness (QED) is 0.585. The molecule has 8 heteroatoms. The normalized spacial score (nSPS) is 19.1. The summed E-state index contributed by atoms with van der Waals surface area (Å²) in [5.41, 5.74) is 1.63.